The van der Waals surface area contributed by atoms with Gasteiger partial charge in [0.15, 0.2) is 11.9 Å². The highest BCUT2D eigenvalue weighted by Gasteiger charge is 2.31. The van der Waals surface area contributed by atoms with Crippen molar-refractivity contribution in [3.8, 4) is 5.82 Å². The maximum atomic E-state index is 12.7. The fourth-order valence-electron chi connectivity index (χ4n) is 2.85. The predicted octanol–water partition coefficient (Wildman–Crippen LogP) is 3.56. The molecular weight excluding hydrogens is 429 g/mol. The third-order valence-corrected chi connectivity index (χ3v) is 4.59. The summed E-state index contributed by atoms with van der Waals surface area (Å²) in [5.74, 6) is -0.788. The molecule has 3 aromatic heterocycles. The highest BCUT2D eigenvalue weighted by molar-refractivity contribution is 5.97. The SMILES string of the molecule is Cc1c(C(=O)OC(C)C(=O)Nc2ccnn2C(C)C)cnn1-c1ccc(C(F)(F)F)cn1. The first-order valence-electron chi connectivity index (χ1n) is 9.62. The molecule has 0 aromatic carbocycles. The number of anilines is 1. The third-order valence-electron chi connectivity index (χ3n) is 4.59. The lowest BCUT2D eigenvalue weighted by molar-refractivity contribution is -0.137. The number of aromatic nitrogens is 5. The van der Waals surface area contributed by atoms with Gasteiger partial charge in [-0.25, -0.2) is 19.1 Å². The monoisotopic (exact) mass is 450 g/mol. The van der Waals surface area contributed by atoms with Crippen LogP contribution < -0.4 is 5.32 Å². The van der Waals surface area contributed by atoms with Crippen molar-refractivity contribution < 1.29 is 27.5 Å². The van der Waals surface area contributed by atoms with Gasteiger partial charge in [-0.05, 0) is 39.8 Å². The van der Waals surface area contributed by atoms with E-state index in [9.17, 15) is 22.8 Å². The summed E-state index contributed by atoms with van der Waals surface area (Å²) in [6.07, 6.45) is -2.20. The van der Waals surface area contributed by atoms with Gasteiger partial charge in [0.2, 0.25) is 0 Å². The fraction of sp³-hybridized carbons (Fsp3) is 0.350. The quantitative estimate of drug-likeness (QED) is 0.576. The molecule has 3 aromatic rings. The fourth-order valence-corrected chi connectivity index (χ4v) is 2.85. The molecule has 1 atom stereocenters. The van der Waals surface area contributed by atoms with Crippen LogP contribution in [0.15, 0.2) is 36.8 Å². The molecule has 3 heterocycles. The van der Waals surface area contributed by atoms with Crippen molar-refractivity contribution >= 4 is 17.7 Å². The van der Waals surface area contributed by atoms with E-state index in [1.807, 2.05) is 13.8 Å². The maximum absolute atomic E-state index is 12.7. The molecule has 0 saturated carbocycles. The van der Waals surface area contributed by atoms with Crippen molar-refractivity contribution in [2.24, 2.45) is 0 Å². The van der Waals surface area contributed by atoms with Crippen LogP contribution in [0.4, 0.5) is 19.0 Å². The standard InChI is InChI=1S/C20H21F3N6O3/c1-11(2)28-17(7-8-25-28)27-18(30)13(4)32-19(31)15-10-26-29(12(15)3)16-6-5-14(9-24-16)20(21,22)23/h5-11,13H,1-4H3,(H,27,30). The number of nitrogens with zero attached hydrogens (tertiary/aromatic N) is 5. The van der Waals surface area contributed by atoms with Crippen LogP contribution in [0, 0.1) is 6.92 Å². The van der Waals surface area contributed by atoms with Gasteiger partial charge in [0.25, 0.3) is 5.91 Å². The molecule has 0 radical (unpaired) electrons. The highest BCUT2D eigenvalue weighted by atomic mass is 19.4. The molecule has 0 spiro atoms. The van der Waals surface area contributed by atoms with Crippen molar-refractivity contribution in [2.75, 3.05) is 5.32 Å². The molecule has 0 bridgehead atoms. The summed E-state index contributed by atoms with van der Waals surface area (Å²) in [5.41, 5.74) is -0.546. The molecule has 0 fully saturated rings. The number of hydrogen-bond donors (Lipinski definition) is 1. The molecular formula is C20H21F3N6O3. The molecule has 0 aliphatic carbocycles. The zero-order valence-electron chi connectivity index (χ0n) is 17.7. The van der Waals surface area contributed by atoms with Crippen LogP contribution in [0.5, 0.6) is 0 Å². The van der Waals surface area contributed by atoms with E-state index in [0.717, 1.165) is 12.1 Å². The number of ether oxygens (including phenoxy) is 1. The lowest BCUT2D eigenvalue weighted by Crippen LogP contribution is -2.31. The van der Waals surface area contributed by atoms with Crippen molar-refractivity contribution in [3.05, 3.63) is 53.6 Å². The number of nitrogens with one attached hydrogen (secondary N) is 1. The van der Waals surface area contributed by atoms with Gasteiger partial charge in [0.1, 0.15) is 11.4 Å². The molecule has 1 unspecified atom stereocenters. The van der Waals surface area contributed by atoms with Crippen molar-refractivity contribution in [1.82, 2.24) is 24.5 Å². The van der Waals surface area contributed by atoms with Gasteiger partial charge in [-0.2, -0.15) is 23.4 Å². The summed E-state index contributed by atoms with van der Waals surface area (Å²) in [5, 5.41) is 10.8. The highest BCUT2D eigenvalue weighted by Crippen LogP contribution is 2.29. The molecule has 170 valence electrons. The second-order valence-corrected chi connectivity index (χ2v) is 7.25. The Morgan fingerprint density at radius 1 is 1.09 bits per heavy atom. The first-order chi connectivity index (χ1) is 15.0. The number of carbonyl (C=O) groups excluding carboxylic acids is 2. The second-order valence-electron chi connectivity index (χ2n) is 7.25. The lowest BCUT2D eigenvalue weighted by atomic mass is 10.2. The minimum Gasteiger partial charge on any atom is -0.449 e. The van der Waals surface area contributed by atoms with Crippen LogP contribution in [0.3, 0.4) is 0 Å². The van der Waals surface area contributed by atoms with Crippen LogP contribution in [0.1, 0.15) is 48.4 Å². The molecule has 32 heavy (non-hydrogen) atoms. The van der Waals surface area contributed by atoms with Gasteiger partial charge < -0.3 is 10.1 Å². The molecule has 3 rings (SSSR count). The Labute approximate surface area is 181 Å². The largest absolute Gasteiger partial charge is 0.449 e. The van der Waals surface area contributed by atoms with E-state index < -0.39 is 29.7 Å². The Hall–Kier alpha value is -3.70. The summed E-state index contributed by atoms with van der Waals surface area (Å²) in [6, 6.07) is 3.66. The number of hydrogen-bond acceptors (Lipinski definition) is 6. The smallest absolute Gasteiger partial charge is 0.417 e. The number of halogens is 3. The Balaban J connectivity index is 1.70. The van der Waals surface area contributed by atoms with Gasteiger partial charge in [-0.15, -0.1) is 0 Å². The Bertz CT molecular complexity index is 1120. The van der Waals surface area contributed by atoms with Gasteiger partial charge >= 0.3 is 12.1 Å². The van der Waals surface area contributed by atoms with Crippen LogP contribution >= 0.6 is 0 Å². The minimum atomic E-state index is -4.51. The average Bonchev–Trinajstić information content (AvgIpc) is 3.34. The zero-order chi connectivity index (χ0) is 23.6. The van der Waals surface area contributed by atoms with Gasteiger partial charge in [-0.3, -0.25) is 4.79 Å². The topological polar surface area (TPSA) is 104 Å². The number of rotatable bonds is 6. The van der Waals surface area contributed by atoms with E-state index in [1.54, 1.807) is 16.9 Å². The normalized spacial score (nSPS) is 12.6. The number of esters is 1. The Morgan fingerprint density at radius 3 is 2.41 bits per heavy atom. The van der Waals surface area contributed by atoms with Crippen LogP contribution in [-0.4, -0.2) is 42.5 Å². The molecule has 0 saturated heterocycles. The summed E-state index contributed by atoms with van der Waals surface area (Å²) >= 11 is 0. The van der Waals surface area contributed by atoms with E-state index >= 15 is 0 Å². The molecule has 0 aliphatic heterocycles. The predicted molar refractivity (Wildman–Crippen MR) is 107 cm³/mol. The van der Waals surface area contributed by atoms with E-state index in [0.29, 0.717) is 17.7 Å². The summed E-state index contributed by atoms with van der Waals surface area (Å²) in [6.45, 7) is 6.76. The molecule has 9 nitrogen and oxygen atoms in total. The van der Waals surface area contributed by atoms with Gasteiger partial charge in [-0.1, -0.05) is 0 Å². The summed E-state index contributed by atoms with van der Waals surface area (Å²) < 4.78 is 46.2. The third kappa shape index (κ3) is 4.79. The van der Waals surface area contributed by atoms with Crippen molar-refractivity contribution in [2.45, 2.75) is 46.0 Å². The summed E-state index contributed by atoms with van der Waals surface area (Å²) in [4.78, 5) is 28.7. The van der Waals surface area contributed by atoms with Crippen LogP contribution in [0.25, 0.3) is 5.82 Å². The van der Waals surface area contributed by atoms with E-state index in [-0.39, 0.29) is 17.4 Å². The van der Waals surface area contributed by atoms with Gasteiger partial charge in [0, 0.05) is 18.3 Å². The average molecular weight is 450 g/mol. The first kappa shape index (κ1) is 23.0. The van der Waals surface area contributed by atoms with Gasteiger partial charge in [0.05, 0.1) is 23.7 Å². The number of alkyl halides is 3. The van der Waals surface area contributed by atoms with E-state index in [4.69, 9.17) is 4.74 Å². The number of carbonyl (C=O) groups is 2. The molecule has 0 aliphatic rings. The molecule has 1 amide bonds. The van der Waals surface area contributed by atoms with Crippen molar-refractivity contribution in [3.63, 3.8) is 0 Å². The zero-order valence-corrected chi connectivity index (χ0v) is 17.7. The number of amides is 1. The maximum Gasteiger partial charge on any atom is 0.417 e. The minimum absolute atomic E-state index is 0.0189. The molecule has 12 heteroatoms. The first-order valence-corrected chi connectivity index (χ1v) is 9.62. The van der Waals surface area contributed by atoms with Crippen LogP contribution in [-0.2, 0) is 15.7 Å². The van der Waals surface area contributed by atoms with Crippen LogP contribution in [0.2, 0.25) is 0 Å². The van der Waals surface area contributed by atoms with E-state index in [2.05, 4.69) is 20.5 Å². The Morgan fingerprint density at radius 2 is 1.81 bits per heavy atom. The lowest BCUT2D eigenvalue weighted by Gasteiger charge is -2.15. The Kier molecular flexibility index (Phi) is 6.32. The second kappa shape index (κ2) is 8.81. The van der Waals surface area contributed by atoms with E-state index in [1.165, 1.54) is 24.7 Å². The molecule has 1 N–H and O–H groups in total. The summed E-state index contributed by atoms with van der Waals surface area (Å²) in [7, 11) is 0. The van der Waals surface area contributed by atoms with Crippen molar-refractivity contribution in [1.29, 1.82) is 0 Å². The number of pyridine rings is 1.